The lowest BCUT2D eigenvalue weighted by Crippen LogP contribution is -2.13. The molecule has 20 heavy (non-hydrogen) atoms. The smallest absolute Gasteiger partial charge is 0.133 e. The monoisotopic (exact) mass is 269 g/mol. The Morgan fingerprint density at radius 3 is 2.35 bits per heavy atom. The van der Waals surface area contributed by atoms with Crippen LogP contribution in [0.25, 0.3) is 0 Å². The minimum atomic E-state index is 0.395. The fourth-order valence-corrected chi connectivity index (χ4v) is 2.08. The highest BCUT2D eigenvalue weighted by molar-refractivity contribution is 5.60. The van der Waals surface area contributed by atoms with Gasteiger partial charge >= 0.3 is 0 Å². The average Bonchev–Trinajstić information content (AvgIpc) is 2.46. The van der Waals surface area contributed by atoms with Crippen LogP contribution in [-0.2, 0) is 6.54 Å². The predicted octanol–water partition coefficient (Wildman–Crippen LogP) is 3.74. The first-order valence-corrected chi connectivity index (χ1v) is 7.02. The van der Waals surface area contributed by atoms with Crippen LogP contribution in [0.2, 0.25) is 0 Å². The van der Waals surface area contributed by atoms with Crippen LogP contribution in [0.15, 0.2) is 36.4 Å². The summed E-state index contributed by atoms with van der Waals surface area (Å²) in [5, 5.41) is 0. The first kappa shape index (κ1) is 14.5. The number of aryl methyl sites for hydroxylation is 1. The van der Waals surface area contributed by atoms with E-state index in [1.807, 2.05) is 7.05 Å². The highest BCUT2D eigenvalue weighted by Crippen LogP contribution is 2.25. The normalized spacial score (nSPS) is 10.9. The Kier molecular flexibility index (Phi) is 4.40. The van der Waals surface area contributed by atoms with Gasteiger partial charge in [-0.2, -0.15) is 0 Å². The average molecular weight is 269 g/mol. The SMILES string of the molecule is Cc1ccc(N(C)c2cc(CN)cc(C(C)C)n2)cc1. The van der Waals surface area contributed by atoms with E-state index in [1.165, 1.54) is 5.56 Å². The summed E-state index contributed by atoms with van der Waals surface area (Å²) >= 11 is 0. The number of nitrogens with zero attached hydrogens (tertiary/aromatic N) is 2. The molecule has 2 aromatic rings. The van der Waals surface area contributed by atoms with Gasteiger partial charge in [-0.25, -0.2) is 4.98 Å². The number of benzene rings is 1. The molecular weight excluding hydrogens is 246 g/mol. The van der Waals surface area contributed by atoms with Crippen molar-refractivity contribution >= 4 is 11.5 Å². The maximum Gasteiger partial charge on any atom is 0.133 e. The highest BCUT2D eigenvalue weighted by Gasteiger charge is 2.10. The van der Waals surface area contributed by atoms with Crippen molar-refractivity contribution in [1.29, 1.82) is 0 Å². The minimum Gasteiger partial charge on any atom is -0.329 e. The third-order valence-corrected chi connectivity index (χ3v) is 3.48. The number of pyridine rings is 1. The Labute approximate surface area is 121 Å². The Bertz CT molecular complexity index is 573. The van der Waals surface area contributed by atoms with Gasteiger partial charge in [0.1, 0.15) is 5.82 Å². The van der Waals surface area contributed by atoms with E-state index in [0.717, 1.165) is 22.8 Å². The zero-order chi connectivity index (χ0) is 14.7. The van der Waals surface area contributed by atoms with E-state index in [4.69, 9.17) is 10.7 Å². The second kappa shape index (κ2) is 6.06. The van der Waals surface area contributed by atoms with Crippen molar-refractivity contribution in [2.45, 2.75) is 33.2 Å². The molecule has 0 aliphatic rings. The Morgan fingerprint density at radius 2 is 1.80 bits per heavy atom. The van der Waals surface area contributed by atoms with Crippen LogP contribution in [0.4, 0.5) is 11.5 Å². The maximum absolute atomic E-state index is 5.80. The molecule has 1 aromatic carbocycles. The van der Waals surface area contributed by atoms with Gasteiger partial charge in [-0.1, -0.05) is 31.5 Å². The van der Waals surface area contributed by atoms with Gasteiger partial charge in [0.2, 0.25) is 0 Å². The maximum atomic E-state index is 5.80. The van der Waals surface area contributed by atoms with Crippen LogP contribution in [0.3, 0.4) is 0 Å². The molecule has 0 unspecified atom stereocenters. The van der Waals surface area contributed by atoms with Gasteiger partial charge in [0, 0.05) is 25.0 Å². The molecule has 0 fully saturated rings. The zero-order valence-electron chi connectivity index (χ0n) is 12.7. The minimum absolute atomic E-state index is 0.395. The Balaban J connectivity index is 2.40. The number of rotatable bonds is 4. The molecule has 0 spiro atoms. The molecule has 1 aromatic heterocycles. The van der Waals surface area contributed by atoms with E-state index in [0.29, 0.717) is 12.5 Å². The van der Waals surface area contributed by atoms with Crippen LogP contribution in [0.5, 0.6) is 0 Å². The van der Waals surface area contributed by atoms with E-state index < -0.39 is 0 Å². The molecular formula is C17H23N3. The molecule has 1 heterocycles. The summed E-state index contributed by atoms with van der Waals surface area (Å²) in [6, 6.07) is 12.6. The van der Waals surface area contributed by atoms with Gasteiger partial charge < -0.3 is 10.6 Å². The molecule has 3 heteroatoms. The second-order valence-electron chi connectivity index (χ2n) is 5.51. The number of aromatic nitrogens is 1. The summed E-state index contributed by atoms with van der Waals surface area (Å²) < 4.78 is 0. The quantitative estimate of drug-likeness (QED) is 0.919. The van der Waals surface area contributed by atoms with Crippen molar-refractivity contribution in [3.05, 3.63) is 53.2 Å². The van der Waals surface area contributed by atoms with Gasteiger partial charge in [0.05, 0.1) is 0 Å². The van der Waals surface area contributed by atoms with Crippen molar-refractivity contribution in [2.75, 3.05) is 11.9 Å². The van der Waals surface area contributed by atoms with Crippen molar-refractivity contribution < 1.29 is 0 Å². The summed E-state index contributed by atoms with van der Waals surface area (Å²) in [4.78, 5) is 6.85. The molecule has 0 aliphatic carbocycles. The number of anilines is 2. The fraction of sp³-hybridized carbons (Fsp3) is 0.353. The van der Waals surface area contributed by atoms with Crippen LogP contribution in [0.1, 0.15) is 36.6 Å². The van der Waals surface area contributed by atoms with Gasteiger partial charge in [0.15, 0.2) is 0 Å². The molecule has 0 radical (unpaired) electrons. The number of hydrogen-bond acceptors (Lipinski definition) is 3. The van der Waals surface area contributed by atoms with E-state index in [9.17, 15) is 0 Å². The Morgan fingerprint density at radius 1 is 1.15 bits per heavy atom. The van der Waals surface area contributed by atoms with Crippen molar-refractivity contribution in [3.63, 3.8) is 0 Å². The van der Waals surface area contributed by atoms with Crippen LogP contribution < -0.4 is 10.6 Å². The predicted molar refractivity (Wildman–Crippen MR) is 85.5 cm³/mol. The summed E-state index contributed by atoms with van der Waals surface area (Å²) in [5.74, 6) is 1.34. The lowest BCUT2D eigenvalue weighted by Gasteiger charge is -2.21. The van der Waals surface area contributed by atoms with Crippen LogP contribution in [-0.4, -0.2) is 12.0 Å². The van der Waals surface area contributed by atoms with Gasteiger partial charge in [-0.3, -0.25) is 0 Å². The third kappa shape index (κ3) is 3.17. The number of nitrogens with two attached hydrogens (primary N) is 1. The molecule has 0 atom stereocenters. The van der Waals surface area contributed by atoms with E-state index in [1.54, 1.807) is 0 Å². The van der Waals surface area contributed by atoms with E-state index in [2.05, 4.69) is 62.1 Å². The van der Waals surface area contributed by atoms with E-state index >= 15 is 0 Å². The number of hydrogen-bond donors (Lipinski definition) is 1. The summed E-state index contributed by atoms with van der Waals surface area (Å²) in [7, 11) is 2.04. The molecule has 2 rings (SSSR count). The molecule has 0 bridgehead atoms. The van der Waals surface area contributed by atoms with Gasteiger partial charge in [-0.05, 0) is 42.7 Å². The largest absolute Gasteiger partial charge is 0.329 e. The van der Waals surface area contributed by atoms with Crippen molar-refractivity contribution in [3.8, 4) is 0 Å². The first-order valence-electron chi connectivity index (χ1n) is 7.02. The second-order valence-corrected chi connectivity index (χ2v) is 5.51. The summed E-state index contributed by atoms with van der Waals surface area (Å²) in [5.41, 5.74) is 10.4. The van der Waals surface area contributed by atoms with Crippen LogP contribution >= 0.6 is 0 Å². The van der Waals surface area contributed by atoms with Crippen molar-refractivity contribution in [2.24, 2.45) is 5.73 Å². The van der Waals surface area contributed by atoms with Gasteiger partial charge in [0.25, 0.3) is 0 Å². The highest BCUT2D eigenvalue weighted by atomic mass is 15.2. The zero-order valence-corrected chi connectivity index (χ0v) is 12.7. The molecule has 0 saturated carbocycles. The molecule has 2 N–H and O–H groups in total. The third-order valence-electron chi connectivity index (χ3n) is 3.48. The fourth-order valence-electron chi connectivity index (χ4n) is 2.08. The van der Waals surface area contributed by atoms with E-state index in [-0.39, 0.29) is 0 Å². The summed E-state index contributed by atoms with van der Waals surface area (Å²) in [6.45, 7) is 6.93. The Hall–Kier alpha value is -1.87. The topological polar surface area (TPSA) is 42.1 Å². The van der Waals surface area contributed by atoms with Crippen LogP contribution in [0, 0.1) is 6.92 Å². The lowest BCUT2D eigenvalue weighted by atomic mass is 10.1. The molecule has 0 amide bonds. The first-order chi connectivity index (χ1) is 9.51. The molecule has 0 saturated heterocycles. The molecule has 3 nitrogen and oxygen atoms in total. The van der Waals surface area contributed by atoms with Crippen molar-refractivity contribution in [1.82, 2.24) is 4.98 Å². The van der Waals surface area contributed by atoms with Gasteiger partial charge in [-0.15, -0.1) is 0 Å². The lowest BCUT2D eigenvalue weighted by molar-refractivity contribution is 0.814. The molecule has 0 aliphatic heterocycles. The summed E-state index contributed by atoms with van der Waals surface area (Å²) in [6.07, 6.45) is 0. The standard InChI is InChI=1S/C17H23N3/c1-12(2)16-9-14(11-18)10-17(19-16)20(4)15-7-5-13(3)6-8-15/h5-10,12H,11,18H2,1-4H3. The molecule has 106 valence electrons.